The molecule has 0 aliphatic heterocycles. The Morgan fingerprint density at radius 1 is 1.15 bits per heavy atom. The van der Waals surface area contributed by atoms with Crippen molar-refractivity contribution in [3.8, 4) is 11.3 Å². The molecule has 4 nitrogen and oxygen atoms in total. The molecule has 0 radical (unpaired) electrons. The number of fused-ring (bicyclic) bond motifs is 1. The Labute approximate surface area is 154 Å². The van der Waals surface area contributed by atoms with E-state index in [1.165, 1.54) is 23.5 Å². The standard InChI is InChI=1S/C20H16FN3OS/c1-23(11-14-5-3-2-4-6-14)19(25)18-13-26-20-22-17(12-24(18)20)15-7-9-16(21)10-8-15/h2-10,12-13H,11H2,1H3. The summed E-state index contributed by atoms with van der Waals surface area (Å²) in [5.41, 5.74) is 3.19. The van der Waals surface area contributed by atoms with Crippen molar-refractivity contribution in [1.82, 2.24) is 14.3 Å². The minimum Gasteiger partial charge on any atom is -0.336 e. The van der Waals surface area contributed by atoms with Gasteiger partial charge in [-0.15, -0.1) is 11.3 Å². The third-order valence-electron chi connectivity index (χ3n) is 4.18. The fourth-order valence-corrected chi connectivity index (χ4v) is 3.67. The molecule has 0 aliphatic carbocycles. The summed E-state index contributed by atoms with van der Waals surface area (Å²) in [6.07, 6.45) is 1.82. The summed E-state index contributed by atoms with van der Waals surface area (Å²) >= 11 is 1.41. The molecule has 0 fully saturated rings. The number of benzene rings is 2. The largest absolute Gasteiger partial charge is 0.336 e. The maximum Gasteiger partial charge on any atom is 0.271 e. The van der Waals surface area contributed by atoms with Gasteiger partial charge >= 0.3 is 0 Å². The molecule has 0 N–H and O–H groups in total. The molecule has 0 bridgehead atoms. The Morgan fingerprint density at radius 3 is 2.62 bits per heavy atom. The summed E-state index contributed by atoms with van der Waals surface area (Å²) in [7, 11) is 1.79. The van der Waals surface area contributed by atoms with Gasteiger partial charge in [-0.3, -0.25) is 9.20 Å². The van der Waals surface area contributed by atoms with Crippen molar-refractivity contribution in [2.24, 2.45) is 0 Å². The molecule has 1 amide bonds. The van der Waals surface area contributed by atoms with E-state index < -0.39 is 0 Å². The molecular formula is C20H16FN3OS. The molecule has 0 saturated carbocycles. The zero-order valence-corrected chi connectivity index (χ0v) is 14.9. The van der Waals surface area contributed by atoms with Crippen molar-refractivity contribution in [2.75, 3.05) is 7.05 Å². The highest BCUT2D eigenvalue weighted by atomic mass is 32.1. The molecule has 0 spiro atoms. The number of rotatable bonds is 4. The number of nitrogens with zero attached hydrogens (tertiary/aromatic N) is 3. The van der Waals surface area contributed by atoms with E-state index >= 15 is 0 Å². The lowest BCUT2D eigenvalue weighted by Gasteiger charge is -2.16. The quantitative estimate of drug-likeness (QED) is 0.535. The van der Waals surface area contributed by atoms with Gasteiger partial charge in [-0.1, -0.05) is 30.3 Å². The fourth-order valence-electron chi connectivity index (χ4n) is 2.82. The van der Waals surface area contributed by atoms with Crippen LogP contribution in [-0.4, -0.2) is 27.2 Å². The van der Waals surface area contributed by atoms with E-state index in [-0.39, 0.29) is 11.7 Å². The predicted molar refractivity (Wildman–Crippen MR) is 101 cm³/mol. The van der Waals surface area contributed by atoms with Crippen molar-refractivity contribution < 1.29 is 9.18 Å². The Hall–Kier alpha value is -2.99. The summed E-state index contributed by atoms with van der Waals surface area (Å²) < 4.78 is 14.9. The van der Waals surface area contributed by atoms with E-state index in [0.717, 1.165) is 21.8 Å². The first-order valence-electron chi connectivity index (χ1n) is 8.14. The number of amides is 1. The highest BCUT2D eigenvalue weighted by molar-refractivity contribution is 7.15. The predicted octanol–water partition coefficient (Wildman–Crippen LogP) is 4.47. The smallest absolute Gasteiger partial charge is 0.271 e. The second kappa shape index (κ2) is 6.72. The number of imidazole rings is 1. The van der Waals surface area contributed by atoms with Crippen LogP contribution >= 0.6 is 11.3 Å². The summed E-state index contributed by atoms with van der Waals surface area (Å²) in [6.45, 7) is 0.538. The molecule has 2 aromatic heterocycles. The highest BCUT2D eigenvalue weighted by Crippen LogP contribution is 2.24. The topological polar surface area (TPSA) is 37.6 Å². The Balaban J connectivity index is 1.62. The molecular weight excluding hydrogens is 349 g/mol. The van der Waals surface area contributed by atoms with Crippen LogP contribution in [0.2, 0.25) is 0 Å². The molecule has 4 aromatic rings. The number of halogens is 1. The van der Waals surface area contributed by atoms with E-state index in [9.17, 15) is 9.18 Å². The summed E-state index contributed by atoms with van der Waals surface area (Å²) in [4.78, 5) is 19.8. The minimum atomic E-state index is -0.284. The van der Waals surface area contributed by atoms with Gasteiger partial charge in [-0.2, -0.15) is 0 Å². The maximum absolute atomic E-state index is 13.1. The third kappa shape index (κ3) is 3.11. The second-order valence-corrected chi connectivity index (χ2v) is 6.89. The molecule has 0 saturated heterocycles. The first-order valence-corrected chi connectivity index (χ1v) is 9.02. The van der Waals surface area contributed by atoms with Gasteiger partial charge in [0.15, 0.2) is 4.96 Å². The van der Waals surface area contributed by atoms with Crippen molar-refractivity contribution >= 4 is 22.2 Å². The highest BCUT2D eigenvalue weighted by Gasteiger charge is 2.18. The van der Waals surface area contributed by atoms with Crippen LogP contribution in [0.5, 0.6) is 0 Å². The van der Waals surface area contributed by atoms with Crippen LogP contribution < -0.4 is 0 Å². The molecule has 0 unspecified atom stereocenters. The van der Waals surface area contributed by atoms with Crippen LogP contribution in [0.4, 0.5) is 4.39 Å². The third-order valence-corrected chi connectivity index (χ3v) is 5.02. The van der Waals surface area contributed by atoms with E-state index in [1.807, 2.05) is 41.9 Å². The molecule has 26 heavy (non-hydrogen) atoms. The maximum atomic E-state index is 13.1. The lowest BCUT2D eigenvalue weighted by molar-refractivity contribution is 0.0778. The van der Waals surface area contributed by atoms with Crippen molar-refractivity contribution in [3.05, 3.63) is 83.2 Å². The van der Waals surface area contributed by atoms with Crippen LogP contribution in [-0.2, 0) is 6.54 Å². The normalized spacial score (nSPS) is 11.0. The average molecular weight is 365 g/mol. The SMILES string of the molecule is CN(Cc1ccccc1)C(=O)c1csc2nc(-c3ccc(F)cc3)cn12. The van der Waals surface area contributed by atoms with E-state index in [0.29, 0.717) is 12.2 Å². The van der Waals surface area contributed by atoms with E-state index in [2.05, 4.69) is 4.98 Å². The first kappa shape index (κ1) is 16.5. The lowest BCUT2D eigenvalue weighted by Crippen LogP contribution is -2.27. The molecule has 2 aromatic carbocycles. The minimum absolute atomic E-state index is 0.0665. The van der Waals surface area contributed by atoms with E-state index in [1.54, 1.807) is 28.5 Å². The van der Waals surface area contributed by atoms with Crippen LogP contribution in [0.3, 0.4) is 0 Å². The molecule has 0 aliphatic rings. The van der Waals surface area contributed by atoms with Crippen LogP contribution in [0.1, 0.15) is 16.1 Å². The zero-order chi connectivity index (χ0) is 18.1. The van der Waals surface area contributed by atoms with Crippen LogP contribution in [0, 0.1) is 5.82 Å². The Morgan fingerprint density at radius 2 is 1.88 bits per heavy atom. The fraction of sp³-hybridized carbons (Fsp3) is 0.100. The monoisotopic (exact) mass is 365 g/mol. The van der Waals surface area contributed by atoms with Crippen LogP contribution in [0.15, 0.2) is 66.2 Å². The van der Waals surface area contributed by atoms with Crippen molar-refractivity contribution in [3.63, 3.8) is 0 Å². The van der Waals surface area contributed by atoms with Gasteiger partial charge in [0.2, 0.25) is 0 Å². The first-order chi connectivity index (χ1) is 12.6. The van der Waals surface area contributed by atoms with Gasteiger partial charge < -0.3 is 4.90 Å². The second-order valence-electron chi connectivity index (χ2n) is 6.05. The van der Waals surface area contributed by atoms with Gasteiger partial charge in [0.25, 0.3) is 5.91 Å². The lowest BCUT2D eigenvalue weighted by atomic mass is 10.2. The molecule has 2 heterocycles. The summed E-state index contributed by atoms with van der Waals surface area (Å²) in [6, 6.07) is 16.0. The molecule has 6 heteroatoms. The average Bonchev–Trinajstić information content (AvgIpc) is 3.23. The number of hydrogen-bond acceptors (Lipinski definition) is 3. The molecule has 4 rings (SSSR count). The van der Waals surface area contributed by atoms with Crippen molar-refractivity contribution in [2.45, 2.75) is 6.54 Å². The van der Waals surface area contributed by atoms with Gasteiger partial charge in [0.05, 0.1) is 5.69 Å². The van der Waals surface area contributed by atoms with Crippen molar-refractivity contribution in [1.29, 1.82) is 0 Å². The Kier molecular flexibility index (Phi) is 4.26. The van der Waals surface area contributed by atoms with Gasteiger partial charge in [0.1, 0.15) is 11.5 Å². The zero-order valence-electron chi connectivity index (χ0n) is 14.1. The van der Waals surface area contributed by atoms with Gasteiger partial charge in [0, 0.05) is 30.7 Å². The number of hydrogen-bond donors (Lipinski definition) is 0. The Bertz CT molecular complexity index is 1050. The van der Waals surface area contributed by atoms with Gasteiger partial charge in [-0.25, -0.2) is 9.37 Å². The van der Waals surface area contributed by atoms with Crippen LogP contribution in [0.25, 0.3) is 16.2 Å². The van der Waals surface area contributed by atoms with Gasteiger partial charge in [-0.05, 0) is 29.8 Å². The number of aromatic nitrogens is 2. The van der Waals surface area contributed by atoms with E-state index in [4.69, 9.17) is 0 Å². The number of carbonyl (C=O) groups excluding carboxylic acids is 1. The summed E-state index contributed by atoms with van der Waals surface area (Å²) in [5.74, 6) is -0.351. The number of carbonyl (C=O) groups is 1. The molecule has 0 atom stereocenters. The number of thiazole rings is 1. The molecule has 130 valence electrons. The summed E-state index contributed by atoms with van der Waals surface area (Å²) in [5, 5.41) is 1.82.